The van der Waals surface area contributed by atoms with Crippen molar-refractivity contribution in [3.8, 4) is 0 Å². The van der Waals surface area contributed by atoms with Gasteiger partial charge in [0.2, 0.25) is 0 Å². The molecule has 0 aliphatic carbocycles. The van der Waals surface area contributed by atoms with E-state index in [9.17, 15) is 10.1 Å². The van der Waals surface area contributed by atoms with Crippen LogP contribution in [0.2, 0.25) is 0 Å². The van der Waals surface area contributed by atoms with E-state index in [1.165, 1.54) is 0 Å². The summed E-state index contributed by atoms with van der Waals surface area (Å²) in [6.45, 7) is 6.69. The molecule has 6 nitrogen and oxygen atoms in total. The summed E-state index contributed by atoms with van der Waals surface area (Å²) in [4.78, 5) is 17.4. The van der Waals surface area contributed by atoms with Crippen LogP contribution in [0.4, 0.5) is 11.5 Å². The fourth-order valence-electron chi connectivity index (χ4n) is 2.68. The summed E-state index contributed by atoms with van der Waals surface area (Å²) in [6.07, 6.45) is 4.85. The molecule has 0 radical (unpaired) electrons. The molecule has 0 spiro atoms. The third-order valence-electron chi connectivity index (χ3n) is 3.73. The van der Waals surface area contributed by atoms with Crippen molar-refractivity contribution in [3.63, 3.8) is 0 Å². The lowest BCUT2D eigenvalue weighted by Crippen LogP contribution is -2.46. The monoisotopic (exact) mass is 278 g/mol. The zero-order chi connectivity index (χ0) is 14.5. The summed E-state index contributed by atoms with van der Waals surface area (Å²) >= 11 is 0. The number of hydrogen-bond acceptors (Lipinski definition) is 5. The van der Waals surface area contributed by atoms with Gasteiger partial charge in [-0.25, -0.2) is 4.98 Å². The van der Waals surface area contributed by atoms with E-state index in [4.69, 9.17) is 0 Å². The van der Waals surface area contributed by atoms with Gasteiger partial charge in [-0.2, -0.15) is 0 Å². The van der Waals surface area contributed by atoms with Gasteiger partial charge in [-0.15, -0.1) is 0 Å². The number of anilines is 1. The normalized spacial score (nSPS) is 18.8. The third kappa shape index (κ3) is 3.25. The van der Waals surface area contributed by atoms with Crippen molar-refractivity contribution in [1.29, 1.82) is 0 Å². The highest BCUT2D eigenvalue weighted by molar-refractivity contribution is 5.51. The largest absolute Gasteiger partial charge is 0.352 e. The number of aryl methyl sites for hydroxylation is 1. The van der Waals surface area contributed by atoms with E-state index in [-0.39, 0.29) is 10.6 Å². The standard InChI is InChI=1S/C14H22N4O2/c1-3-7-17(12-5-4-6-15-10-12)14-8-13(18(19)20)11(2)9-16-14/h8-9,12,15H,3-7,10H2,1-2H3. The predicted molar refractivity (Wildman–Crippen MR) is 79.2 cm³/mol. The lowest BCUT2D eigenvalue weighted by Gasteiger charge is -2.35. The maximum Gasteiger partial charge on any atom is 0.277 e. The Hall–Kier alpha value is -1.69. The topological polar surface area (TPSA) is 71.3 Å². The molecule has 1 N–H and O–H groups in total. The van der Waals surface area contributed by atoms with Gasteiger partial charge in [-0.3, -0.25) is 10.1 Å². The maximum atomic E-state index is 11.1. The molecule has 0 aromatic carbocycles. The molecule has 0 amide bonds. The summed E-state index contributed by atoms with van der Waals surface area (Å²) in [5.41, 5.74) is 0.761. The lowest BCUT2D eigenvalue weighted by atomic mass is 10.1. The van der Waals surface area contributed by atoms with Crippen LogP contribution in [0.3, 0.4) is 0 Å². The van der Waals surface area contributed by atoms with E-state index in [0.29, 0.717) is 11.6 Å². The molecule has 1 aliphatic rings. The number of rotatable bonds is 5. The summed E-state index contributed by atoms with van der Waals surface area (Å²) in [6, 6.07) is 1.98. The van der Waals surface area contributed by atoms with E-state index in [0.717, 1.165) is 44.7 Å². The summed E-state index contributed by atoms with van der Waals surface area (Å²) in [7, 11) is 0. The van der Waals surface area contributed by atoms with Crippen molar-refractivity contribution in [2.75, 3.05) is 24.5 Å². The number of hydrogen-bond donors (Lipinski definition) is 1. The Morgan fingerprint density at radius 1 is 1.60 bits per heavy atom. The van der Waals surface area contributed by atoms with Gasteiger partial charge in [-0.1, -0.05) is 6.92 Å². The predicted octanol–water partition coefficient (Wildman–Crippen LogP) is 2.27. The van der Waals surface area contributed by atoms with Crippen LogP contribution in [-0.2, 0) is 0 Å². The Bertz CT molecular complexity index is 472. The SMILES string of the molecule is CCCN(c1cc([N+](=O)[O-])c(C)cn1)C1CCCNC1. The fraction of sp³-hybridized carbons (Fsp3) is 0.643. The molecule has 0 saturated carbocycles. The van der Waals surface area contributed by atoms with E-state index >= 15 is 0 Å². The lowest BCUT2D eigenvalue weighted by molar-refractivity contribution is -0.385. The molecule has 6 heteroatoms. The molecule has 2 rings (SSSR count). The van der Waals surface area contributed by atoms with Crippen molar-refractivity contribution in [2.45, 2.75) is 39.2 Å². The molecule has 1 fully saturated rings. The number of nitro groups is 1. The average molecular weight is 278 g/mol. The second-order valence-electron chi connectivity index (χ2n) is 5.28. The second kappa shape index (κ2) is 6.65. The third-order valence-corrected chi connectivity index (χ3v) is 3.73. The Morgan fingerprint density at radius 3 is 3.00 bits per heavy atom. The number of aromatic nitrogens is 1. The van der Waals surface area contributed by atoms with Crippen LogP contribution in [0.15, 0.2) is 12.3 Å². The van der Waals surface area contributed by atoms with E-state index in [2.05, 4.69) is 22.1 Å². The summed E-state index contributed by atoms with van der Waals surface area (Å²) in [5.74, 6) is 0.720. The summed E-state index contributed by atoms with van der Waals surface area (Å²) < 4.78 is 0. The van der Waals surface area contributed by atoms with Crippen LogP contribution >= 0.6 is 0 Å². The minimum absolute atomic E-state index is 0.153. The molecule has 1 saturated heterocycles. The first-order chi connectivity index (χ1) is 9.63. The number of piperidine rings is 1. The van der Waals surface area contributed by atoms with Gasteiger partial charge in [0.05, 0.1) is 11.0 Å². The van der Waals surface area contributed by atoms with Gasteiger partial charge >= 0.3 is 0 Å². The number of nitrogens with one attached hydrogen (secondary N) is 1. The molecule has 0 bridgehead atoms. The van der Waals surface area contributed by atoms with Crippen LogP contribution in [-0.4, -0.2) is 35.6 Å². The van der Waals surface area contributed by atoms with Gasteiger partial charge in [-0.05, 0) is 32.7 Å². The number of pyridine rings is 1. The smallest absolute Gasteiger partial charge is 0.277 e. The van der Waals surface area contributed by atoms with Crippen molar-refractivity contribution in [1.82, 2.24) is 10.3 Å². The highest BCUT2D eigenvalue weighted by Gasteiger charge is 2.23. The summed E-state index contributed by atoms with van der Waals surface area (Å²) in [5, 5.41) is 14.5. The number of nitrogens with zero attached hydrogens (tertiary/aromatic N) is 3. The molecule has 20 heavy (non-hydrogen) atoms. The van der Waals surface area contributed by atoms with Crippen LogP contribution in [0.1, 0.15) is 31.7 Å². The Kier molecular flexibility index (Phi) is 4.89. The van der Waals surface area contributed by atoms with Crippen molar-refractivity contribution < 1.29 is 4.92 Å². The van der Waals surface area contributed by atoms with Gasteiger partial charge in [0.1, 0.15) is 5.82 Å². The zero-order valence-electron chi connectivity index (χ0n) is 12.1. The zero-order valence-corrected chi connectivity index (χ0v) is 12.1. The highest BCUT2D eigenvalue weighted by Crippen LogP contribution is 2.25. The molecule has 1 aromatic heterocycles. The average Bonchev–Trinajstić information content (AvgIpc) is 2.46. The van der Waals surface area contributed by atoms with Crippen molar-refractivity contribution in [3.05, 3.63) is 27.9 Å². The molecule has 1 unspecified atom stereocenters. The van der Waals surface area contributed by atoms with Gasteiger partial charge in [0, 0.05) is 30.9 Å². The van der Waals surface area contributed by atoms with Gasteiger partial charge < -0.3 is 10.2 Å². The van der Waals surface area contributed by atoms with Crippen LogP contribution < -0.4 is 10.2 Å². The molecular formula is C14H22N4O2. The van der Waals surface area contributed by atoms with E-state index in [1.807, 2.05) is 0 Å². The molecule has 110 valence electrons. The quantitative estimate of drug-likeness (QED) is 0.661. The first kappa shape index (κ1) is 14.7. The Balaban J connectivity index is 2.28. The van der Waals surface area contributed by atoms with Crippen molar-refractivity contribution >= 4 is 11.5 Å². The van der Waals surface area contributed by atoms with Crippen LogP contribution in [0.5, 0.6) is 0 Å². The van der Waals surface area contributed by atoms with Crippen LogP contribution in [0, 0.1) is 17.0 Å². The Labute approximate surface area is 119 Å². The van der Waals surface area contributed by atoms with Gasteiger partial charge in [0.15, 0.2) is 0 Å². The first-order valence-electron chi connectivity index (χ1n) is 7.22. The highest BCUT2D eigenvalue weighted by atomic mass is 16.6. The van der Waals surface area contributed by atoms with E-state index < -0.39 is 0 Å². The Morgan fingerprint density at radius 2 is 2.40 bits per heavy atom. The second-order valence-corrected chi connectivity index (χ2v) is 5.28. The minimum atomic E-state index is -0.330. The first-order valence-corrected chi connectivity index (χ1v) is 7.22. The molecule has 2 heterocycles. The van der Waals surface area contributed by atoms with E-state index in [1.54, 1.807) is 19.2 Å². The molecular weight excluding hydrogens is 256 g/mol. The maximum absolute atomic E-state index is 11.1. The van der Waals surface area contributed by atoms with Gasteiger partial charge in [0.25, 0.3) is 5.69 Å². The molecule has 1 aliphatic heterocycles. The molecule has 1 aromatic rings. The molecule has 1 atom stereocenters. The van der Waals surface area contributed by atoms with Crippen LogP contribution in [0.25, 0.3) is 0 Å². The fourth-order valence-corrected chi connectivity index (χ4v) is 2.68. The minimum Gasteiger partial charge on any atom is -0.352 e. The van der Waals surface area contributed by atoms with Crippen molar-refractivity contribution in [2.24, 2.45) is 0 Å².